The van der Waals surface area contributed by atoms with Crippen molar-refractivity contribution in [1.82, 2.24) is 0 Å². The molecule has 2 heteroatoms. The van der Waals surface area contributed by atoms with E-state index in [4.69, 9.17) is 0 Å². The molecule has 0 aliphatic heterocycles. The Kier molecular flexibility index (Phi) is 8.99. The summed E-state index contributed by atoms with van der Waals surface area (Å²) < 4.78 is 0.489. The number of allylic oxidation sites excluding steroid dienone is 4. The van der Waals surface area contributed by atoms with Crippen molar-refractivity contribution < 1.29 is 0 Å². The number of hydrogen-bond acceptors (Lipinski definition) is 2. The first-order valence-corrected chi connectivity index (χ1v) is 10.6. The van der Waals surface area contributed by atoms with Crippen LogP contribution in [-0.2, 0) is 0 Å². The SMILES string of the molecule is CC(C)=CCC/C(C)=C\CC(Sc1ccccc1)Sc1ccccc1. The van der Waals surface area contributed by atoms with E-state index in [0.29, 0.717) is 4.58 Å². The lowest BCUT2D eigenvalue weighted by molar-refractivity contribution is 0.950. The Hall–Kier alpha value is -1.38. The number of thioether (sulfide) groups is 2. The highest BCUT2D eigenvalue weighted by Gasteiger charge is 2.11. The Morgan fingerprint density at radius 1 is 0.800 bits per heavy atom. The minimum absolute atomic E-state index is 0.489. The molecule has 0 bridgehead atoms. The molecular weight excluding hydrogens is 340 g/mol. The van der Waals surface area contributed by atoms with Gasteiger partial charge in [0.05, 0.1) is 4.58 Å². The summed E-state index contributed by atoms with van der Waals surface area (Å²) in [4.78, 5) is 2.68. The van der Waals surface area contributed by atoms with Crippen LogP contribution in [0.1, 0.15) is 40.0 Å². The van der Waals surface area contributed by atoms with Gasteiger partial charge in [0.15, 0.2) is 0 Å². The van der Waals surface area contributed by atoms with Crippen molar-refractivity contribution in [1.29, 1.82) is 0 Å². The van der Waals surface area contributed by atoms with E-state index in [1.807, 2.05) is 23.5 Å². The Labute approximate surface area is 161 Å². The molecule has 0 fully saturated rings. The van der Waals surface area contributed by atoms with Gasteiger partial charge in [-0.25, -0.2) is 0 Å². The lowest BCUT2D eigenvalue weighted by Crippen LogP contribution is -1.96. The fraction of sp³-hybridized carbons (Fsp3) is 0.304. The molecule has 0 aromatic heterocycles. The van der Waals surface area contributed by atoms with E-state index < -0.39 is 0 Å². The quantitative estimate of drug-likeness (QED) is 0.250. The van der Waals surface area contributed by atoms with Crippen molar-refractivity contribution in [2.75, 3.05) is 0 Å². The fourth-order valence-corrected chi connectivity index (χ4v) is 4.89. The molecule has 0 heterocycles. The molecule has 0 aliphatic carbocycles. The Bertz CT molecular complexity index is 626. The molecule has 0 nitrogen and oxygen atoms in total. The predicted molar refractivity (Wildman–Crippen MR) is 115 cm³/mol. The lowest BCUT2D eigenvalue weighted by atomic mass is 10.1. The van der Waals surface area contributed by atoms with E-state index in [1.165, 1.54) is 20.9 Å². The zero-order valence-corrected chi connectivity index (χ0v) is 17.1. The van der Waals surface area contributed by atoms with Gasteiger partial charge in [-0.2, -0.15) is 0 Å². The summed E-state index contributed by atoms with van der Waals surface area (Å²) in [7, 11) is 0. The Morgan fingerprint density at radius 2 is 1.32 bits per heavy atom. The molecule has 0 saturated heterocycles. The van der Waals surface area contributed by atoms with Crippen LogP contribution in [0.25, 0.3) is 0 Å². The van der Waals surface area contributed by atoms with Crippen LogP contribution in [0.5, 0.6) is 0 Å². The number of rotatable bonds is 9. The second-order valence-corrected chi connectivity index (χ2v) is 9.25. The molecule has 2 aromatic rings. The molecular formula is C23H28S2. The molecule has 0 amide bonds. The molecule has 0 unspecified atom stereocenters. The minimum atomic E-state index is 0.489. The van der Waals surface area contributed by atoms with Crippen molar-refractivity contribution >= 4 is 23.5 Å². The van der Waals surface area contributed by atoms with Gasteiger partial charge in [0.25, 0.3) is 0 Å². The molecule has 132 valence electrons. The van der Waals surface area contributed by atoms with Crippen LogP contribution >= 0.6 is 23.5 Å². The summed E-state index contributed by atoms with van der Waals surface area (Å²) in [5, 5.41) is 0. The van der Waals surface area contributed by atoms with Crippen LogP contribution in [0.4, 0.5) is 0 Å². The topological polar surface area (TPSA) is 0 Å². The maximum Gasteiger partial charge on any atom is 0.0631 e. The van der Waals surface area contributed by atoms with E-state index in [-0.39, 0.29) is 0 Å². The highest BCUT2D eigenvalue weighted by molar-refractivity contribution is 8.17. The normalized spacial score (nSPS) is 11.6. The van der Waals surface area contributed by atoms with E-state index in [9.17, 15) is 0 Å². The Morgan fingerprint density at radius 3 is 1.80 bits per heavy atom. The molecule has 0 saturated carbocycles. The zero-order chi connectivity index (χ0) is 17.9. The van der Waals surface area contributed by atoms with Crippen LogP contribution in [0.15, 0.2) is 93.8 Å². The van der Waals surface area contributed by atoms with Crippen LogP contribution in [-0.4, -0.2) is 4.58 Å². The van der Waals surface area contributed by atoms with Gasteiger partial charge >= 0.3 is 0 Å². The van der Waals surface area contributed by atoms with Crippen LogP contribution in [0, 0.1) is 0 Å². The average Bonchev–Trinajstić information content (AvgIpc) is 2.61. The van der Waals surface area contributed by atoms with E-state index in [1.54, 1.807) is 0 Å². The number of hydrogen-bond donors (Lipinski definition) is 0. The average molecular weight is 369 g/mol. The smallest absolute Gasteiger partial charge is 0.0631 e. The minimum Gasteiger partial charge on any atom is -0.111 e. The number of benzene rings is 2. The van der Waals surface area contributed by atoms with Gasteiger partial charge in [0.2, 0.25) is 0 Å². The van der Waals surface area contributed by atoms with Gasteiger partial charge in [-0.15, -0.1) is 23.5 Å². The summed E-state index contributed by atoms with van der Waals surface area (Å²) in [6, 6.07) is 21.4. The molecule has 0 N–H and O–H groups in total. The monoisotopic (exact) mass is 368 g/mol. The molecule has 0 spiro atoms. The third-order valence-corrected chi connectivity index (χ3v) is 6.35. The van der Waals surface area contributed by atoms with Crippen molar-refractivity contribution in [3.05, 3.63) is 84.0 Å². The summed E-state index contributed by atoms with van der Waals surface area (Å²) in [5.41, 5.74) is 2.90. The van der Waals surface area contributed by atoms with Crippen molar-refractivity contribution in [3.8, 4) is 0 Å². The van der Waals surface area contributed by atoms with Gasteiger partial charge in [-0.05, 0) is 64.3 Å². The molecule has 0 aliphatic rings. The summed E-state index contributed by atoms with van der Waals surface area (Å²) in [5.74, 6) is 0. The lowest BCUT2D eigenvalue weighted by Gasteiger charge is -2.15. The third kappa shape index (κ3) is 8.51. The zero-order valence-electron chi connectivity index (χ0n) is 15.4. The first-order chi connectivity index (χ1) is 12.1. The fourth-order valence-electron chi connectivity index (χ4n) is 2.41. The van der Waals surface area contributed by atoms with Gasteiger partial charge in [0.1, 0.15) is 0 Å². The molecule has 0 radical (unpaired) electrons. The summed E-state index contributed by atoms with van der Waals surface area (Å²) in [6.45, 7) is 6.60. The van der Waals surface area contributed by atoms with Crippen molar-refractivity contribution in [3.63, 3.8) is 0 Å². The van der Waals surface area contributed by atoms with Gasteiger partial charge < -0.3 is 0 Å². The first-order valence-electron chi connectivity index (χ1n) is 8.86. The highest BCUT2D eigenvalue weighted by Crippen LogP contribution is 2.37. The van der Waals surface area contributed by atoms with Crippen LogP contribution in [0.3, 0.4) is 0 Å². The molecule has 0 atom stereocenters. The molecule has 2 aromatic carbocycles. The predicted octanol–water partition coefficient (Wildman–Crippen LogP) is 7.98. The third-order valence-electron chi connectivity index (χ3n) is 3.77. The van der Waals surface area contributed by atoms with Crippen LogP contribution < -0.4 is 0 Å². The maximum absolute atomic E-state index is 2.43. The summed E-state index contributed by atoms with van der Waals surface area (Å²) >= 11 is 3.92. The first kappa shape index (κ1) is 19.9. The molecule has 2 rings (SSSR count). The highest BCUT2D eigenvalue weighted by atomic mass is 32.2. The van der Waals surface area contributed by atoms with E-state index in [2.05, 4.69) is 93.6 Å². The maximum atomic E-state index is 2.43. The van der Waals surface area contributed by atoms with Crippen LogP contribution in [0.2, 0.25) is 0 Å². The van der Waals surface area contributed by atoms with E-state index >= 15 is 0 Å². The summed E-state index contributed by atoms with van der Waals surface area (Å²) in [6.07, 6.45) is 8.14. The van der Waals surface area contributed by atoms with Gasteiger partial charge in [-0.3, -0.25) is 0 Å². The Balaban J connectivity index is 1.99. The van der Waals surface area contributed by atoms with Crippen molar-refractivity contribution in [2.45, 2.75) is 54.4 Å². The van der Waals surface area contributed by atoms with Crippen molar-refractivity contribution in [2.24, 2.45) is 0 Å². The van der Waals surface area contributed by atoms with Gasteiger partial charge in [0, 0.05) is 9.79 Å². The largest absolute Gasteiger partial charge is 0.111 e. The molecule has 25 heavy (non-hydrogen) atoms. The second-order valence-electron chi connectivity index (χ2n) is 6.40. The second kappa shape index (κ2) is 11.3. The standard InChI is InChI=1S/C23H28S2/c1-19(2)11-10-12-20(3)17-18-23(24-21-13-6-4-7-14-21)25-22-15-8-5-9-16-22/h4-9,11,13-17,23H,10,12,18H2,1-3H3/b20-17-. The van der Waals surface area contributed by atoms with E-state index in [0.717, 1.165) is 19.3 Å². The van der Waals surface area contributed by atoms with Gasteiger partial charge in [-0.1, -0.05) is 59.7 Å².